The van der Waals surface area contributed by atoms with Crippen molar-refractivity contribution in [3.63, 3.8) is 0 Å². The second-order valence-corrected chi connectivity index (χ2v) is 6.91. The maximum Gasteiger partial charge on any atom is 0.277 e. The summed E-state index contributed by atoms with van der Waals surface area (Å²) in [7, 11) is 0. The highest BCUT2D eigenvalue weighted by Crippen LogP contribution is 2.19. The monoisotopic (exact) mass is 374 g/mol. The molecular weight excluding hydrogens is 348 g/mol. The van der Waals surface area contributed by atoms with E-state index in [9.17, 15) is 4.79 Å². The van der Waals surface area contributed by atoms with Gasteiger partial charge in [0.25, 0.3) is 5.91 Å². The molecule has 0 fully saturated rings. The van der Waals surface area contributed by atoms with Gasteiger partial charge >= 0.3 is 0 Å². The number of benzene rings is 2. The molecule has 0 radical (unpaired) electrons. The Labute approximate surface area is 166 Å². The Morgan fingerprint density at radius 2 is 1.71 bits per heavy atom. The lowest BCUT2D eigenvalue weighted by molar-refractivity contribution is 0.0983. The first-order valence-corrected chi connectivity index (χ1v) is 9.50. The van der Waals surface area contributed by atoms with Crippen molar-refractivity contribution < 1.29 is 4.79 Å². The highest BCUT2D eigenvalue weighted by molar-refractivity contribution is 6.05. The van der Waals surface area contributed by atoms with E-state index >= 15 is 0 Å². The van der Waals surface area contributed by atoms with Gasteiger partial charge in [0.05, 0.1) is 0 Å². The van der Waals surface area contributed by atoms with Crippen LogP contribution in [0, 0.1) is 20.8 Å². The second-order valence-electron chi connectivity index (χ2n) is 6.91. The second kappa shape index (κ2) is 8.65. The van der Waals surface area contributed by atoms with Gasteiger partial charge in [0.15, 0.2) is 0 Å². The van der Waals surface area contributed by atoms with Crippen LogP contribution in [0.3, 0.4) is 0 Å². The number of aromatic nitrogens is 2. The molecule has 28 heavy (non-hydrogen) atoms. The molecule has 144 valence electrons. The van der Waals surface area contributed by atoms with Crippen LogP contribution >= 0.6 is 0 Å². The molecule has 0 unspecified atom stereocenters. The third-order valence-electron chi connectivity index (χ3n) is 4.53. The summed E-state index contributed by atoms with van der Waals surface area (Å²) in [5.41, 5.74) is 4.76. The zero-order valence-electron chi connectivity index (χ0n) is 16.9. The minimum atomic E-state index is -0.128. The maximum absolute atomic E-state index is 13.1. The molecule has 2 aromatic carbocycles. The number of carbonyl (C=O) groups excluding carboxylic acids is 1. The average Bonchev–Trinajstić information content (AvgIpc) is 2.68. The molecule has 0 aliphatic heterocycles. The van der Waals surface area contributed by atoms with Crippen LogP contribution in [-0.4, -0.2) is 22.4 Å². The smallest absolute Gasteiger partial charge is 0.277 e. The number of hydrogen-bond acceptors (Lipinski definition) is 4. The van der Waals surface area contributed by atoms with Gasteiger partial charge in [-0.25, -0.2) is 9.97 Å². The number of aryl methyl sites for hydroxylation is 3. The van der Waals surface area contributed by atoms with Gasteiger partial charge in [-0.05, 0) is 51.0 Å². The number of anilines is 2. The van der Waals surface area contributed by atoms with E-state index in [0.29, 0.717) is 30.4 Å². The van der Waals surface area contributed by atoms with Gasteiger partial charge in [0, 0.05) is 24.8 Å². The van der Waals surface area contributed by atoms with Crippen molar-refractivity contribution >= 4 is 17.4 Å². The van der Waals surface area contributed by atoms with E-state index in [4.69, 9.17) is 0 Å². The Morgan fingerprint density at radius 1 is 0.964 bits per heavy atom. The molecule has 0 aliphatic carbocycles. The third-order valence-corrected chi connectivity index (χ3v) is 4.53. The Balaban J connectivity index is 1.81. The number of hydrogen-bond donors (Lipinski definition) is 1. The van der Waals surface area contributed by atoms with Crippen LogP contribution in [0.4, 0.5) is 11.5 Å². The molecule has 5 heteroatoms. The van der Waals surface area contributed by atoms with Crippen molar-refractivity contribution in [1.82, 2.24) is 9.97 Å². The fraction of sp³-hybridized carbons (Fsp3) is 0.261. The van der Waals surface area contributed by atoms with Gasteiger partial charge in [-0.2, -0.15) is 0 Å². The van der Waals surface area contributed by atoms with Crippen molar-refractivity contribution in [2.24, 2.45) is 0 Å². The predicted octanol–water partition coefficient (Wildman–Crippen LogP) is 4.68. The first-order chi connectivity index (χ1) is 13.5. The third kappa shape index (κ3) is 4.74. The number of nitrogens with one attached hydrogen (secondary N) is 1. The normalized spacial score (nSPS) is 10.6. The minimum absolute atomic E-state index is 0.128. The zero-order chi connectivity index (χ0) is 20.1. The molecule has 1 heterocycles. The van der Waals surface area contributed by atoms with Gasteiger partial charge in [-0.1, -0.05) is 42.0 Å². The molecule has 0 saturated carbocycles. The number of nitrogens with zero attached hydrogens (tertiary/aromatic N) is 3. The van der Waals surface area contributed by atoms with E-state index in [2.05, 4.69) is 46.5 Å². The highest BCUT2D eigenvalue weighted by atomic mass is 16.2. The van der Waals surface area contributed by atoms with Crippen LogP contribution in [0.25, 0.3) is 0 Å². The summed E-state index contributed by atoms with van der Waals surface area (Å²) in [5.74, 6) is 1.09. The Bertz CT molecular complexity index is 967. The van der Waals surface area contributed by atoms with Crippen molar-refractivity contribution in [2.45, 2.75) is 34.2 Å². The van der Waals surface area contributed by atoms with Crippen LogP contribution in [0.2, 0.25) is 0 Å². The lowest BCUT2D eigenvalue weighted by atomic mass is 10.1. The molecule has 1 aromatic heterocycles. The van der Waals surface area contributed by atoms with E-state index in [1.165, 1.54) is 5.56 Å². The standard InChI is InChI=1S/C23H26N4O/c1-5-27(20-8-6-7-17(3)13-20)23(28)21-14-22(26-18(4)25-21)24-15-19-11-9-16(2)10-12-19/h6-14H,5,15H2,1-4H3,(H,24,25,26). The lowest BCUT2D eigenvalue weighted by Crippen LogP contribution is -2.31. The topological polar surface area (TPSA) is 58.1 Å². The molecule has 5 nitrogen and oxygen atoms in total. The summed E-state index contributed by atoms with van der Waals surface area (Å²) < 4.78 is 0. The van der Waals surface area contributed by atoms with Crippen LogP contribution in [0.15, 0.2) is 54.6 Å². The summed E-state index contributed by atoms with van der Waals surface area (Å²) in [6.07, 6.45) is 0. The van der Waals surface area contributed by atoms with E-state index < -0.39 is 0 Å². The molecule has 3 rings (SSSR count). The molecular formula is C23H26N4O. The maximum atomic E-state index is 13.1. The fourth-order valence-corrected chi connectivity index (χ4v) is 3.04. The molecule has 3 aromatic rings. The van der Waals surface area contributed by atoms with Crippen LogP contribution in [0.5, 0.6) is 0 Å². The predicted molar refractivity (Wildman–Crippen MR) is 114 cm³/mol. The minimum Gasteiger partial charge on any atom is -0.366 e. The van der Waals surface area contributed by atoms with Crippen molar-refractivity contribution in [3.05, 3.63) is 82.8 Å². The summed E-state index contributed by atoms with van der Waals surface area (Å²) in [5, 5.41) is 3.30. The Hall–Kier alpha value is -3.21. The summed E-state index contributed by atoms with van der Waals surface area (Å²) in [6, 6.07) is 18.0. The zero-order valence-corrected chi connectivity index (χ0v) is 16.9. The van der Waals surface area contributed by atoms with Crippen LogP contribution in [-0.2, 0) is 6.54 Å². The molecule has 0 atom stereocenters. The molecule has 0 bridgehead atoms. The lowest BCUT2D eigenvalue weighted by Gasteiger charge is -2.21. The average molecular weight is 374 g/mol. The Kier molecular flexibility index (Phi) is 6.04. The van der Waals surface area contributed by atoms with Gasteiger partial charge < -0.3 is 10.2 Å². The Morgan fingerprint density at radius 3 is 2.39 bits per heavy atom. The fourth-order valence-electron chi connectivity index (χ4n) is 3.04. The molecule has 0 saturated heterocycles. The SMILES string of the molecule is CCN(C(=O)c1cc(NCc2ccc(C)cc2)nc(C)n1)c1cccc(C)c1. The van der Waals surface area contributed by atoms with Crippen LogP contribution < -0.4 is 10.2 Å². The summed E-state index contributed by atoms with van der Waals surface area (Å²) in [4.78, 5) is 23.6. The van der Waals surface area contributed by atoms with Gasteiger partial charge in [0.1, 0.15) is 17.3 Å². The van der Waals surface area contributed by atoms with Crippen molar-refractivity contribution in [1.29, 1.82) is 0 Å². The van der Waals surface area contributed by atoms with Crippen LogP contribution in [0.1, 0.15) is 39.9 Å². The summed E-state index contributed by atoms with van der Waals surface area (Å²) in [6.45, 7) is 9.05. The van der Waals surface area contributed by atoms with E-state index in [-0.39, 0.29) is 5.91 Å². The quantitative estimate of drug-likeness (QED) is 0.680. The van der Waals surface area contributed by atoms with Gasteiger partial charge in [-0.3, -0.25) is 4.79 Å². The molecule has 0 spiro atoms. The summed E-state index contributed by atoms with van der Waals surface area (Å²) >= 11 is 0. The van der Waals surface area contributed by atoms with Gasteiger partial charge in [-0.15, -0.1) is 0 Å². The van der Waals surface area contributed by atoms with E-state index in [1.54, 1.807) is 17.9 Å². The van der Waals surface area contributed by atoms with Crippen molar-refractivity contribution in [2.75, 3.05) is 16.8 Å². The molecule has 1 amide bonds. The van der Waals surface area contributed by atoms with E-state index in [0.717, 1.165) is 16.8 Å². The van der Waals surface area contributed by atoms with Crippen molar-refractivity contribution in [3.8, 4) is 0 Å². The number of amides is 1. The first-order valence-electron chi connectivity index (χ1n) is 9.50. The number of carbonyl (C=O) groups is 1. The number of rotatable bonds is 6. The highest BCUT2D eigenvalue weighted by Gasteiger charge is 2.19. The largest absolute Gasteiger partial charge is 0.366 e. The van der Waals surface area contributed by atoms with E-state index in [1.807, 2.05) is 38.1 Å². The molecule has 0 aliphatic rings. The van der Waals surface area contributed by atoms with Gasteiger partial charge in [0.2, 0.25) is 0 Å². The molecule has 1 N–H and O–H groups in total. The first kappa shape index (κ1) is 19.5.